The number of rotatable bonds is 0. The van der Waals surface area contributed by atoms with Gasteiger partial charge in [-0.3, -0.25) is 0 Å². The fraction of sp³-hybridized carbons (Fsp3) is 0.500. The number of benzene rings is 1. The number of ether oxygens (including phenoxy) is 1. The Hall–Kier alpha value is -1.75. The standard InChI is InChI=1S/C18H22O2/c19-18-17-14-10-9-13-16(17)12-8-6-4-2-1-3-5-7-11-15-20-18/h9-10,13-14H,1-7,11,15H2. The second-order valence-electron chi connectivity index (χ2n) is 5.21. The average Bonchev–Trinajstić information content (AvgIpc) is 2.48. The minimum Gasteiger partial charge on any atom is -0.462 e. The summed E-state index contributed by atoms with van der Waals surface area (Å²) < 4.78 is 5.34. The molecule has 1 aliphatic heterocycles. The van der Waals surface area contributed by atoms with Crippen molar-refractivity contribution in [2.24, 2.45) is 0 Å². The maximum absolute atomic E-state index is 12.1. The minimum atomic E-state index is -0.246. The van der Waals surface area contributed by atoms with Crippen LogP contribution in [0.25, 0.3) is 0 Å². The average molecular weight is 270 g/mol. The molecule has 1 heterocycles. The molecule has 1 aromatic carbocycles. The van der Waals surface area contributed by atoms with Crippen molar-refractivity contribution >= 4 is 5.97 Å². The van der Waals surface area contributed by atoms with Crippen molar-refractivity contribution in [3.8, 4) is 11.8 Å². The summed E-state index contributed by atoms with van der Waals surface area (Å²) in [5, 5.41) is 0. The van der Waals surface area contributed by atoms with Crippen LogP contribution in [-0.4, -0.2) is 12.6 Å². The van der Waals surface area contributed by atoms with Crippen LogP contribution < -0.4 is 0 Å². The van der Waals surface area contributed by atoms with Gasteiger partial charge in [-0.15, -0.1) is 0 Å². The van der Waals surface area contributed by atoms with Gasteiger partial charge in [0.1, 0.15) is 0 Å². The van der Waals surface area contributed by atoms with Gasteiger partial charge in [-0.1, -0.05) is 56.1 Å². The highest BCUT2D eigenvalue weighted by molar-refractivity contribution is 5.92. The SMILES string of the molecule is O=C1OCCCCCCCCCC#Cc2ccccc21. The largest absolute Gasteiger partial charge is 0.462 e. The Bertz CT molecular complexity index is 494. The molecule has 106 valence electrons. The number of hydrogen-bond donors (Lipinski definition) is 0. The molecule has 2 heteroatoms. The quantitative estimate of drug-likeness (QED) is 0.518. The van der Waals surface area contributed by atoms with Gasteiger partial charge in [0.25, 0.3) is 0 Å². The number of fused-ring (bicyclic) bond motifs is 1. The van der Waals surface area contributed by atoms with Gasteiger partial charge in [0, 0.05) is 12.0 Å². The summed E-state index contributed by atoms with van der Waals surface area (Å²) in [6.07, 6.45) is 9.22. The predicted octanol–water partition coefficient (Wildman–Crippen LogP) is 4.33. The van der Waals surface area contributed by atoms with E-state index in [-0.39, 0.29) is 5.97 Å². The highest BCUT2D eigenvalue weighted by atomic mass is 16.5. The smallest absolute Gasteiger partial charge is 0.339 e. The van der Waals surface area contributed by atoms with Crippen molar-refractivity contribution < 1.29 is 9.53 Å². The highest BCUT2D eigenvalue weighted by Gasteiger charge is 2.10. The molecule has 20 heavy (non-hydrogen) atoms. The highest BCUT2D eigenvalue weighted by Crippen LogP contribution is 2.12. The lowest BCUT2D eigenvalue weighted by molar-refractivity contribution is 0.0497. The first-order valence-corrected chi connectivity index (χ1v) is 7.63. The Labute approximate surface area is 121 Å². The fourth-order valence-electron chi connectivity index (χ4n) is 2.37. The van der Waals surface area contributed by atoms with Gasteiger partial charge in [-0.05, 0) is 25.0 Å². The number of esters is 1. The van der Waals surface area contributed by atoms with Crippen LogP contribution >= 0.6 is 0 Å². The van der Waals surface area contributed by atoms with Crippen LogP contribution in [0.15, 0.2) is 24.3 Å². The van der Waals surface area contributed by atoms with E-state index in [1.807, 2.05) is 18.2 Å². The molecule has 0 saturated carbocycles. The van der Waals surface area contributed by atoms with E-state index in [4.69, 9.17) is 4.74 Å². The molecule has 0 bridgehead atoms. The molecule has 2 nitrogen and oxygen atoms in total. The maximum Gasteiger partial charge on any atom is 0.339 e. The molecule has 0 N–H and O–H groups in total. The molecule has 0 spiro atoms. The fourth-order valence-corrected chi connectivity index (χ4v) is 2.37. The first-order chi connectivity index (χ1) is 9.88. The molecule has 0 atom stereocenters. The Morgan fingerprint density at radius 2 is 1.60 bits per heavy atom. The van der Waals surface area contributed by atoms with E-state index >= 15 is 0 Å². The van der Waals surface area contributed by atoms with Crippen LogP contribution in [0, 0.1) is 11.8 Å². The third-order valence-corrected chi connectivity index (χ3v) is 3.55. The van der Waals surface area contributed by atoms with Gasteiger partial charge >= 0.3 is 5.97 Å². The molecular formula is C18H22O2. The molecular weight excluding hydrogens is 248 g/mol. The van der Waals surface area contributed by atoms with Gasteiger partial charge in [0.15, 0.2) is 0 Å². The van der Waals surface area contributed by atoms with E-state index in [1.165, 1.54) is 25.7 Å². The number of carbonyl (C=O) groups is 1. The summed E-state index contributed by atoms with van der Waals surface area (Å²) in [5.41, 5.74) is 1.38. The summed E-state index contributed by atoms with van der Waals surface area (Å²) in [6, 6.07) is 7.46. The van der Waals surface area contributed by atoms with Gasteiger partial charge in [-0.25, -0.2) is 4.79 Å². The number of hydrogen-bond acceptors (Lipinski definition) is 2. The summed E-state index contributed by atoms with van der Waals surface area (Å²) >= 11 is 0. The first kappa shape index (κ1) is 14.7. The van der Waals surface area contributed by atoms with Crippen LogP contribution in [0.1, 0.15) is 67.3 Å². The molecule has 1 aromatic rings. The molecule has 0 aliphatic carbocycles. The van der Waals surface area contributed by atoms with Gasteiger partial charge in [0.2, 0.25) is 0 Å². The third kappa shape index (κ3) is 4.74. The van der Waals surface area contributed by atoms with E-state index in [2.05, 4.69) is 11.8 Å². The van der Waals surface area contributed by atoms with Crippen LogP contribution in [0.5, 0.6) is 0 Å². The molecule has 2 rings (SSSR count). The molecule has 0 aromatic heterocycles. The second kappa shape index (κ2) is 8.43. The lowest BCUT2D eigenvalue weighted by Crippen LogP contribution is -2.08. The van der Waals surface area contributed by atoms with E-state index in [1.54, 1.807) is 6.07 Å². The van der Waals surface area contributed by atoms with E-state index in [9.17, 15) is 4.79 Å². The Balaban J connectivity index is 2.09. The number of cyclic esters (lactones) is 1. The Morgan fingerprint density at radius 3 is 2.45 bits per heavy atom. The van der Waals surface area contributed by atoms with Gasteiger partial charge < -0.3 is 4.74 Å². The zero-order chi connectivity index (χ0) is 14.0. The predicted molar refractivity (Wildman–Crippen MR) is 80.5 cm³/mol. The topological polar surface area (TPSA) is 26.3 Å². The lowest BCUT2D eigenvalue weighted by atomic mass is 10.1. The summed E-state index contributed by atoms with van der Waals surface area (Å²) in [7, 11) is 0. The van der Waals surface area contributed by atoms with Gasteiger partial charge in [0.05, 0.1) is 12.2 Å². The van der Waals surface area contributed by atoms with E-state index in [0.717, 1.165) is 31.2 Å². The van der Waals surface area contributed by atoms with Crippen LogP contribution in [0.4, 0.5) is 0 Å². The lowest BCUT2D eigenvalue weighted by Gasteiger charge is -2.06. The molecule has 0 fully saturated rings. The van der Waals surface area contributed by atoms with Crippen LogP contribution in [0.3, 0.4) is 0 Å². The van der Waals surface area contributed by atoms with Crippen molar-refractivity contribution in [2.75, 3.05) is 6.61 Å². The molecule has 0 unspecified atom stereocenters. The van der Waals surface area contributed by atoms with Crippen LogP contribution in [0.2, 0.25) is 0 Å². The summed E-state index contributed by atoms with van der Waals surface area (Å²) in [4.78, 5) is 12.1. The molecule has 1 aliphatic rings. The zero-order valence-corrected chi connectivity index (χ0v) is 12.0. The molecule has 0 amide bonds. The van der Waals surface area contributed by atoms with Crippen molar-refractivity contribution in [3.05, 3.63) is 35.4 Å². The molecule has 0 radical (unpaired) electrons. The van der Waals surface area contributed by atoms with Crippen LogP contribution in [-0.2, 0) is 4.74 Å². The Morgan fingerprint density at radius 1 is 0.900 bits per heavy atom. The first-order valence-electron chi connectivity index (χ1n) is 7.63. The summed E-state index contributed by atoms with van der Waals surface area (Å²) in [5.74, 6) is 6.04. The maximum atomic E-state index is 12.1. The minimum absolute atomic E-state index is 0.246. The van der Waals surface area contributed by atoms with Crippen molar-refractivity contribution in [1.29, 1.82) is 0 Å². The molecule has 0 saturated heterocycles. The summed E-state index contributed by atoms with van der Waals surface area (Å²) in [6.45, 7) is 0.514. The Kier molecular flexibility index (Phi) is 6.17. The van der Waals surface area contributed by atoms with E-state index < -0.39 is 0 Å². The third-order valence-electron chi connectivity index (χ3n) is 3.55. The van der Waals surface area contributed by atoms with Crippen molar-refractivity contribution in [3.63, 3.8) is 0 Å². The second-order valence-corrected chi connectivity index (χ2v) is 5.21. The van der Waals surface area contributed by atoms with Gasteiger partial charge in [-0.2, -0.15) is 0 Å². The zero-order valence-electron chi connectivity index (χ0n) is 12.0. The number of carbonyl (C=O) groups excluding carboxylic acids is 1. The van der Waals surface area contributed by atoms with E-state index in [0.29, 0.717) is 12.2 Å². The van der Waals surface area contributed by atoms with Crippen molar-refractivity contribution in [2.45, 2.75) is 51.4 Å². The van der Waals surface area contributed by atoms with Crippen molar-refractivity contribution in [1.82, 2.24) is 0 Å². The normalized spacial score (nSPS) is 17.7. The monoisotopic (exact) mass is 270 g/mol.